The lowest BCUT2D eigenvalue weighted by Gasteiger charge is -2.25. The van der Waals surface area contributed by atoms with E-state index in [1.165, 1.54) is 43.5 Å². The molecule has 1 aliphatic rings. The highest BCUT2D eigenvalue weighted by atomic mass is 14.9. The van der Waals surface area contributed by atoms with Crippen LogP contribution in [0.1, 0.15) is 76.4 Å². The van der Waals surface area contributed by atoms with Crippen molar-refractivity contribution in [3.63, 3.8) is 0 Å². The average Bonchev–Trinajstić information content (AvgIpc) is 3.26. The summed E-state index contributed by atoms with van der Waals surface area (Å²) >= 11 is 0. The Morgan fingerprint density at radius 2 is 0.561 bits per heavy atom. The fourth-order valence-corrected chi connectivity index (χ4v) is 10.5. The zero-order chi connectivity index (χ0) is 46.3. The number of aromatic nitrogens is 5. The summed E-state index contributed by atoms with van der Waals surface area (Å²) in [6, 6.07) is 36.7. The number of rotatable bonds is 6. The van der Waals surface area contributed by atoms with Crippen molar-refractivity contribution < 1.29 is 0 Å². The van der Waals surface area contributed by atoms with Crippen LogP contribution in [0, 0.1) is 69.2 Å². The lowest BCUT2D eigenvalue weighted by atomic mass is 9.81. The van der Waals surface area contributed by atoms with Crippen LogP contribution in [-0.2, 0) is 0 Å². The molecule has 1 aliphatic heterocycles. The third kappa shape index (κ3) is 7.35. The molecule has 6 heterocycles. The zero-order valence-corrected chi connectivity index (χ0v) is 40.2. The van der Waals surface area contributed by atoms with Gasteiger partial charge in [-0.25, -0.2) is 0 Å². The van der Waals surface area contributed by atoms with Gasteiger partial charge in [0, 0.05) is 102 Å². The van der Waals surface area contributed by atoms with Crippen LogP contribution in [0.4, 0.5) is 0 Å². The number of hydrogen-bond acceptors (Lipinski definition) is 6. The van der Waals surface area contributed by atoms with Crippen LogP contribution in [-0.4, -0.2) is 31.0 Å². The molecule has 66 heavy (non-hydrogen) atoms. The van der Waals surface area contributed by atoms with Crippen LogP contribution in [0.5, 0.6) is 0 Å². The van der Waals surface area contributed by atoms with Gasteiger partial charge in [-0.3, -0.25) is 24.9 Å². The minimum absolute atomic E-state index is 0.233. The number of hydrogen-bond donors (Lipinski definition) is 1. The van der Waals surface area contributed by atoms with Gasteiger partial charge in [-0.1, -0.05) is 42.5 Å². The molecule has 5 aromatic heterocycles. The molecule has 9 aromatic rings. The second-order valence-electron chi connectivity index (χ2n) is 18.6. The highest BCUT2D eigenvalue weighted by molar-refractivity contribution is 6.29. The lowest BCUT2D eigenvalue weighted by molar-refractivity contribution is 0.722. The van der Waals surface area contributed by atoms with Gasteiger partial charge in [0.1, 0.15) is 0 Å². The standard InChI is InChI=1S/C60H56N6/c1-31-13-19-43(37(7)61-31)49-25-55-56(26-50(49)44-20-14-32(2)62-38(44)8)58-28-52(46-22-16-34(4)64-40(46)10)54(48-24-18-36(6)66-42(48)12)30-60(58)59-29-53(47-23-17-35(5)65-41(47)11)51(27-57(55)59)45-21-15-33(3)63-39(45)9/h13-31,61H,1-12H3. The summed E-state index contributed by atoms with van der Waals surface area (Å²) in [5.74, 6) is 0. The molecule has 4 aromatic carbocycles. The number of aryl methyl sites for hydroxylation is 10. The number of allylic oxidation sites excluding steroid dienone is 3. The molecular weight excluding hydrogens is 805 g/mol. The van der Waals surface area contributed by atoms with Crippen LogP contribution in [0.2, 0.25) is 0 Å². The van der Waals surface area contributed by atoms with Crippen molar-refractivity contribution in [3.8, 4) is 55.6 Å². The number of nitrogens with one attached hydrogen (secondary N) is 1. The average molecular weight is 861 g/mol. The Balaban J connectivity index is 1.46. The van der Waals surface area contributed by atoms with E-state index >= 15 is 0 Å². The summed E-state index contributed by atoms with van der Waals surface area (Å²) in [4.78, 5) is 25.1. The van der Waals surface area contributed by atoms with E-state index in [-0.39, 0.29) is 6.04 Å². The molecule has 6 heteroatoms. The Bertz CT molecular complexity index is 3500. The summed E-state index contributed by atoms with van der Waals surface area (Å²) in [6.07, 6.45) is 4.56. The topological polar surface area (TPSA) is 76.5 Å². The first-order chi connectivity index (χ1) is 31.6. The van der Waals surface area contributed by atoms with Crippen molar-refractivity contribution >= 4 is 37.9 Å². The maximum absolute atomic E-state index is 5.03. The van der Waals surface area contributed by atoms with E-state index in [1.54, 1.807) is 0 Å². The van der Waals surface area contributed by atoms with E-state index in [0.29, 0.717) is 0 Å². The normalized spacial score (nSPS) is 13.9. The van der Waals surface area contributed by atoms with Crippen LogP contribution < -0.4 is 5.32 Å². The predicted octanol–water partition coefficient (Wildman–Crippen LogP) is 14.8. The first kappa shape index (κ1) is 42.6. The third-order valence-electron chi connectivity index (χ3n) is 13.6. The van der Waals surface area contributed by atoms with Crippen LogP contribution in [0.15, 0.2) is 115 Å². The predicted molar refractivity (Wildman–Crippen MR) is 277 cm³/mol. The molecule has 0 saturated heterocycles. The zero-order valence-electron chi connectivity index (χ0n) is 40.2. The van der Waals surface area contributed by atoms with Gasteiger partial charge in [-0.05, 0) is 216 Å². The monoisotopic (exact) mass is 860 g/mol. The van der Waals surface area contributed by atoms with Crippen molar-refractivity contribution in [2.75, 3.05) is 0 Å². The molecule has 0 aliphatic carbocycles. The Morgan fingerprint density at radius 3 is 0.803 bits per heavy atom. The van der Waals surface area contributed by atoms with Gasteiger partial charge in [0.2, 0.25) is 0 Å². The maximum atomic E-state index is 5.03. The van der Waals surface area contributed by atoms with Crippen molar-refractivity contribution in [1.29, 1.82) is 0 Å². The second-order valence-corrected chi connectivity index (χ2v) is 18.6. The molecule has 0 bridgehead atoms. The number of nitrogens with zero attached hydrogens (tertiary/aromatic N) is 5. The summed E-state index contributed by atoms with van der Waals surface area (Å²) < 4.78 is 0. The first-order valence-corrected chi connectivity index (χ1v) is 23.1. The quantitative estimate of drug-likeness (QED) is 0.168. The van der Waals surface area contributed by atoms with Gasteiger partial charge in [0.25, 0.3) is 0 Å². The molecule has 1 N–H and O–H groups in total. The van der Waals surface area contributed by atoms with Gasteiger partial charge in [0.05, 0.1) is 0 Å². The molecule has 6 nitrogen and oxygen atoms in total. The number of pyridine rings is 5. The minimum Gasteiger partial charge on any atom is -0.382 e. The fraction of sp³-hybridized carbons (Fsp3) is 0.217. The Hall–Kier alpha value is -7.31. The molecule has 10 rings (SSSR count). The van der Waals surface area contributed by atoms with Gasteiger partial charge >= 0.3 is 0 Å². The summed E-state index contributed by atoms with van der Waals surface area (Å²) in [7, 11) is 0. The Labute approximate surface area is 388 Å². The Morgan fingerprint density at radius 1 is 0.318 bits per heavy atom. The summed E-state index contributed by atoms with van der Waals surface area (Å²) in [6.45, 7) is 25.4. The van der Waals surface area contributed by atoms with E-state index < -0.39 is 0 Å². The van der Waals surface area contributed by atoms with Gasteiger partial charge in [-0.2, -0.15) is 0 Å². The fourth-order valence-electron chi connectivity index (χ4n) is 10.5. The van der Waals surface area contributed by atoms with Crippen LogP contribution in [0.3, 0.4) is 0 Å². The maximum Gasteiger partial charge on any atom is 0.0454 e. The molecule has 0 amide bonds. The van der Waals surface area contributed by atoms with E-state index in [9.17, 15) is 0 Å². The van der Waals surface area contributed by atoms with E-state index in [1.807, 2.05) is 0 Å². The van der Waals surface area contributed by atoms with Gasteiger partial charge in [0.15, 0.2) is 0 Å². The largest absolute Gasteiger partial charge is 0.382 e. The molecule has 1 unspecified atom stereocenters. The van der Waals surface area contributed by atoms with E-state index in [2.05, 4.69) is 198 Å². The number of dihydropyridines is 1. The molecule has 0 radical (unpaired) electrons. The number of fused-ring (bicyclic) bond motifs is 6. The second kappa shape index (κ2) is 16.3. The van der Waals surface area contributed by atoms with Crippen molar-refractivity contribution in [3.05, 3.63) is 177 Å². The highest BCUT2D eigenvalue weighted by Gasteiger charge is 2.24. The summed E-state index contributed by atoms with van der Waals surface area (Å²) in [5, 5.41) is 10.8. The van der Waals surface area contributed by atoms with Crippen LogP contribution in [0.25, 0.3) is 93.5 Å². The van der Waals surface area contributed by atoms with Crippen molar-refractivity contribution in [1.82, 2.24) is 30.2 Å². The SMILES string of the molecule is CC1=C(c2cc3c(cc2-c2ccc(C)nc2C)c2cc(-c4ccc(C)nc4C)c(-c4ccc(C)nc4C)cc2c2cc(-c4ccc(C)nc4C)c(-c4ccc(C)nc4C)cc32)C=CC(C)N1. The van der Waals surface area contributed by atoms with E-state index in [4.69, 9.17) is 24.9 Å². The smallest absolute Gasteiger partial charge is 0.0454 e. The molecule has 0 saturated carbocycles. The van der Waals surface area contributed by atoms with Crippen molar-refractivity contribution in [2.24, 2.45) is 0 Å². The van der Waals surface area contributed by atoms with Gasteiger partial charge in [-0.15, -0.1) is 0 Å². The highest BCUT2D eigenvalue weighted by Crippen LogP contribution is 2.49. The van der Waals surface area contributed by atoms with Crippen LogP contribution >= 0.6 is 0 Å². The molecule has 0 spiro atoms. The molecule has 1 atom stereocenters. The molecule has 0 fully saturated rings. The third-order valence-corrected chi connectivity index (χ3v) is 13.6. The Kier molecular flexibility index (Phi) is 10.5. The number of benzene rings is 4. The summed E-state index contributed by atoms with van der Waals surface area (Å²) in [5.41, 5.74) is 24.7. The molecular formula is C60H56N6. The van der Waals surface area contributed by atoms with E-state index in [0.717, 1.165) is 118 Å². The lowest BCUT2D eigenvalue weighted by Crippen LogP contribution is -2.25. The first-order valence-electron chi connectivity index (χ1n) is 23.1. The van der Waals surface area contributed by atoms with Gasteiger partial charge < -0.3 is 5.32 Å². The minimum atomic E-state index is 0.233. The molecule has 326 valence electrons. The van der Waals surface area contributed by atoms with Crippen molar-refractivity contribution in [2.45, 2.75) is 89.1 Å².